The van der Waals surface area contributed by atoms with Crippen LogP contribution in [0, 0.1) is 0 Å². The Bertz CT molecular complexity index is 484. The summed E-state index contributed by atoms with van der Waals surface area (Å²) in [5.41, 5.74) is 1.56. The van der Waals surface area contributed by atoms with Crippen molar-refractivity contribution in [2.24, 2.45) is 0 Å². The molecule has 0 aromatic heterocycles. The zero-order valence-corrected chi connectivity index (χ0v) is 11.0. The van der Waals surface area contributed by atoms with Gasteiger partial charge in [0.05, 0.1) is 6.61 Å². The second-order valence-electron chi connectivity index (χ2n) is 3.80. The smallest absolute Gasteiger partial charge is 0.367 e. The molecular weight excluding hydrogens is 240 g/mol. The predicted octanol–water partition coefficient (Wildman–Crippen LogP) is 2.78. The molecule has 17 heavy (non-hydrogen) atoms. The quantitative estimate of drug-likeness (QED) is 0.760. The summed E-state index contributed by atoms with van der Waals surface area (Å²) in [6.45, 7) is 5.09. The van der Waals surface area contributed by atoms with E-state index < -0.39 is 10.4 Å². The first-order chi connectivity index (χ1) is 7.91. The molecule has 0 radical (unpaired) electrons. The summed E-state index contributed by atoms with van der Waals surface area (Å²) in [5.74, 6) is 0.332. The van der Waals surface area contributed by atoms with Crippen LogP contribution in [-0.2, 0) is 25.4 Å². The fourth-order valence-corrected chi connectivity index (χ4v) is 1.78. The monoisotopic (exact) mass is 256 g/mol. The average molecular weight is 256 g/mol. The Balaban J connectivity index is 2.60. The molecule has 0 amide bonds. The molecule has 0 unspecified atom stereocenters. The zero-order chi connectivity index (χ0) is 12.9. The predicted molar refractivity (Wildman–Crippen MR) is 65.3 cm³/mol. The van der Waals surface area contributed by atoms with E-state index >= 15 is 0 Å². The normalized spacial score (nSPS) is 11.0. The Kier molecular flexibility index (Phi) is 4.72. The third-order valence-electron chi connectivity index (χ3n) is 2.14. The Labute approximate surface area is 102 Å². The maximum atomic E-state index is 11.4. The topological polar surface area (TPSA) is 52.6 Å². The molecule has 0 fully saturated rings. The maximum Gasteiger partial charge on any atom is 0.449 e. The van der Waals surface area contributed by atoms with E-state index in [1.165, 1.54) is 0 Å². The highest BCUT2D eigenvalue weighted by molar-refractivity contribution is 7.81. The van der Waals surface area contributed by atoms with Crippen LogP contribution in [0.1, 0.15) is 26.3 Å². The zero-order valence-electron chi connectivity index (χ0n) is 10.1. The molecular formula is C12H16O4S. The molecule has 0 bridgehead atoms. The highest BCUT2D eigenvalue weighted by atomic mass is 32.3. The van der Waals surface area contributed by atoms with Crippen molar-refractivity contribution in [1.82, 2.24) is 0 Å². The number of hydrogen-bond acceptors (Lipinski definition) is 4. The van der Waals surface area contributed by atoms with E-state index in [-0.39, 0.29) is 6.61 Å². The van der Waals surface area contributed by atoms with Gasteiger partial charge in [-0.3, -0.25) is 0 Å². The minimum Gasteiger partial charge on any atom is -0.367 e. The van der Waals surface area contributed by atoms with Crippen molar-refractivity contribution in [2.75, 3.05) is 0 Å². The van der Waals surface area contributed by atoms with Crippen molar-refractivity contribution >= 4 is 10.4 Å². The van der Waals surface area contributed by atoms with Crippen molar-refractivity contribution in [2.45, 2.75) is 27.4 Å². The van der Waals surface area contributed by atoms with E-state index in [9.17, 15) is 8.42 Å². The molecule has 0 spiro atoms. The summed E-state index contributed by atoms with van der Waals surface area (Å²) in [6, 6.07) is 9.04. The van der Waals surface area contributed by atoms with Gasteiger partial charge in [0.1, 0.15) is 5.76 Å². The van der Waals surface area contributed by atoms with Crippen molar-refractivity contribution in [3.8, 4) is 0 Å². The van der Waals surface area contributed by atoms with Gasteiger partial charge in [-0.2, -0.15) is 8.42 Å². The summed E-state index contributed by atoms with van der Waals surface area (Å²) >= 11 is 0. The second kappa shape index (κ2) is 5.84. The SMILES string of the molecule is CC(C)=C(C)OS(=O)(=O)OCc1ccccc1. The number of hydrogen-bond donors (Lipinski definition) is 0. The molecule has 0 heterocycles. The molecule has 5 heteroatoms. The van der Waals surface area contributed by atoms with Gasteiger partial charge in [-0.1, -0.05) is 30.3 Å². The summed E-state index contributed by atoms with van der Waals surface area (Å²) < 4.78 is 32.4. The van der Waals surface area contributed by atoms with E-state index in [2.05, 4.69) is 0 Å². The lowest BCUT2D eigenvalue weighted by Crippen LogP contribution is -2.09. The van der Waals surface area contributed by atoms with Gasteiger partial charge in [-0.25, -0.2) is 4.18 Å². The molecule has 0 atom stereocenters. The molecule has 94 valence electrons. The lowest BCUT2D eigenvalue weighted by Gasteiger charge is -2.08. The van der Waals surface area contributed by atoms with Crippen molar-refractivity contribution in [3.05, 3.63) is 47.2 Å². The van der Waals surface area contributed by atoms with Gasteiger partial charge < -0.3 is 4.18 Å². The Morgan fingerprint density at radius 2 is 1.71 bits per heavy atom. The van der Waals surface area contributed by atoms with Crippen LogP contribution < -0.4 is 0 Å². The molecule has 1 rings (SSSR count). The summed E-state index contributed by atoms with van der Waals surface area (Å²) in [7, 11) is -3.98. The third-order valence-corrected chi connectivity index (χ3v) is 3.00. The van der Waals surface area contributed by atoms with E-state index in [0.29, 0.717) is 5.76 Å². The van der Waals surface area contributed by atoms with Gasteiger partial charge in [0.2, 0.25) is 0 Å². The number of rotatable bonds is 5. The van der Waals surface area contributed by atoms with Crippen LogP contribution in [0.3, 0.4) is 0 Å². The lowest BCUT2D eigenvalue weighted by molar-refractivity contribution is 0.239. The Morgan fingerprint density at radius 1 is 1.12 bits per heavy atom. The Hall–Kier alpha value is -1.33. The van der Waals surface area contributed by atoms with Crippen LogP contribution in [-0.4, -0.2) is 8.42 Å². The standard InChI is InChI=1S/C12H16O4S/c1-10(2)11(3)16-17(13,14)15-9-12-7-5-4-6-8-12/h4-8H,9H2,1-3H3. The first kappa shape index (κ1) is 13.7. The maximum absolute atomic E-state index is 11.4. The van der Waals surface area contributed by atoms with E-state index in [1.807, 2.05) is 18.2 Å². The second-order valence-corrected chi connectivity index (χ2v) is 5.01. The first-order valence-electron chi connectivity index (χ1n) is 5.17. The molecule has 0 aliphatic carbocycles. The van der Waals surface area contributed by atoms with Crippen molar-refractivity contribution in [1.29, 1.82) is 0 Å². The van der Waals surface area contributed by atoms with Crippen LogP contribution in [0.5, 0.6) is 0 Å². The highest BCUT2D eigenvalue weighted by Crippen LogP contribution is 2.11. The summed E-state index contributed by atoms with van der Waals surface area (Å²) in [4.78, 5) is 0. The molecule has 0 N–H and O–H groups in total. The fourth-order valence-electron chi connectivity index (χ4n) is 0.975. The molecule has 0 aliphatic heterocycles. The minimum atomic E-state index is -3.98. The minimum absolute atomic E-state index is 0.0286. The van der Waals surface area contributed by atoms with Crippen molar-refractivity contribution in [3.63, 3.8) is 0 Å². The van der Waals surface area contributed by atoms with Crippen LogP contribution in [0.2, 0.25) is 0 Å². The Morgan fingerprint density at radius 3 is 2.24 bits per heavy atom. The summed E-state index contributed by atoms with van der Waals surface area (Å²) in [5, 5.41) is 0. The van der Waals surface area contributed by atoms with Crippen LogP contribution in [0.25, 0.3) is 0 Å². The molecule has 1 aromatic carbocycles. The number of benzene rings is 1. The number of allylic oxidation sites excluding steroid dienone is 2. The summed E-state index contributed by atoms with van der Waals surface area (Å²) in [6.07, 6.45) is 0. The van der Waals surface area contributed by atoms with Gasteiger partial charge in [0, 0.05) is 0 Å². The molecule has 1 aromatic rings. The van der Waals surface area contributed by atoms with Gasteiger partial charge in [0.25, 0.3) is 0 Å². The van der Waals surface area contributed by atoms with Crippen LogP contribution in [0.15, 0.2) is 41.7 Å². The molecule has 0 saturated carbocycles. The average Bonchev–Trinajstić information content (AvgIpc) is 2.27. The fraction of sp³-hybridized carbons (Fsp3) is 0.333. The largest absolute Gasteiger partial charge is 0.449 e. The van der Waals surface area contributed by atoms with Gasteiger partial charge in [-0.15, -0.1) is 0 Å². The van der Waals surface area contributed by atoms with Crippen LogP contribution >= 0.6 is 0 Å². The first-order valence-corrected chi connectivity index (χ1v) is 6.51. The van der Waals surface area contributed by atoms with E-state index in [0.717, 1.165) is 11.1 Å². The molecule has 4 nitrogen and oxygen atoms in total. The van der Waals surface area contributed by atoms with Gasteiger partial charge in [-0.05, 0) is 31.9 Å². The lowest BCUT2D eigenvalue weighted by atomic mass is 10.2. The molecule has 0 saturated heterocycles. The third kappa shape index (κ3) is 5.01. The highest BCUT2D eigenvalue weighted by Gasteiger charge is 2.14. The van der Waals surface area contributed by atoms with Crippen molar-refractivity contribution < 1.29 is 16.8 Å². The van der Waals surface area contributed by atoms with Crippen LogP contribution in [0.4, 0.5) is 0 Å². The van der Waals surface area contributed by atoms with Gasteiger partial charge in [0.15, 0.2) is 0 Å². The van der Waals surface area contributed by atoms with E-state index in [4.69, 9.17) is 8.37 Å². The molecule has 0 aliphatic rings. The van der Waals surface area contributed by atoms with Gasteiger partial charge >= 0.3 is 10.4 Å². The van der Waals surface area contributed by atoms with E-state index in [1.54, 1.807) is 32.9 Å².